The van der Waals surface area contributed by atoms with Gasteiger partial charge in [0.25, 0.3) is 0 Å². The molecule has 0 saturated carbocycles. The van der Waals surface area contributed by atoms with Crippen LogP contribution in [0.1, 0.15) is 16.8 Å². The second-order valence-corrected chi connectivity index (χ2v) is 5.55. The summed E-state index contributed by atoms with van der Waals surface area (Å²) < 4.78 is 20.6. The molecule has 5 nitrogen and oxygen atoms in total. The molecule has 1 aliphatic heterocycles. The Hall–Kier alpha value is -1.89. The van der Waals surface area contributed by atoms with Crippen LogP contribution in [-0.4, -0.2) is 38.3 Å². The van der Waals surface area contributed by atoms with Gasteiger partial charge in [-0.25, -0.2) is 18.9 Å². The summed E-state index contributed by atoms with van der Waals surface area (Å²) in [5.41, 5.74) is 0.457. The summed E-state index contributed by atoms with van der Waals surface area (Å²) in [5.74, 6) is 0.787. The van der Waals surface area contributed by atoms with Gasteiger partial charge in [0, 0.05) is 5.75 Å². The van der Waals surface area contributed by atoms with Crippen molar-refractivity contribution in [1.29, 1.82) is 0 Å². The molecule has 20 heavy (non-hydrogen) atoms. The van der Waals surface area contributed by atoms with Gasteiger partial charge in [-0.3, -0.25) is 0 Å². The van der Waals surface area contributed by atoms with Crippen molar-refractivity contribution in [3.8, 4) is 5.69 Å². The first-order chi connectivity index (χ1) is 9.74. The number of hydrogen-bond acceptors (Lipinski definition) is 5. The van der Waals surface area contributed by atoms with Crippen LogP contribution in [0.3, 0.4) is 0 Å². The maximum atomic E-state index is 14.0. The minimum atomic E-state index is -0.536. The summed E-state index contributed by atoms with van der Waals surface area (Å²) in [6.07, 6.45) is 3.51. The van der Waals surface area contributed by atoms with Gasteiger partial charge in [-0.15, -0.1) is 0 Å². The van der Waals surface area contributed by atoms with Crippen molar-refractivity contribution in [1.82, 2.24) is 14.8 Å². The summed E-state index contributed by atoms with van der Waals surface area (Å²) >= 11 is 1.75. The van der Waals surface area contributed by atoms with Gasteiger partial charge in [-0.05, 0) is 30.4 Å². The number of carbonyl (C=O) groups is 1. The Bertz CT molecular complexity index is 612. The molecule has 1 atom stereocenters. The third-order valence-corrected chi connectivity index (χ3v) is 4.14. The van der Waals surface area contributed by atoms with E-state index < -0.39 is 11.8 Å². The molecule has 1 aliphatic rings. The molecule has 3 rings (SSSR count). The molecule has 0 radical (unpaired) electrons. The van der Waals surface area contributed by atoms with Gasteiger partial charge in [0.2, 0.25) is 0 Å². The van der Waals surface area contributed by atoms with Crippen molar-refractivity contribution in [3.63, 3.8) is 0 Å². The predicted molar refractivity (Wildman–Crippen MR) is 72.5 cm³/mol. The molecular formula is C13H12FN3O2S. The van der Waals surface area contributed by atoms with Gasteiger partial charge in [-0.1, -0.05) is 0 Å². The van der Waals surface area contributed by atoms with E-state index in [9.17, 15) is 9.18 Å². The molecule has 2 aromatic rings. The highest BCUT2D eigenvalue weighted by molar-refractivity contribution is 7.99. The fourth-order valence-corrected chi connectivity index (χ4v) is 3.07. The van der Waals surface area contributed by atoms with Gasteiger partial charge in [0.15, 0.2) is 0 Å². The fourth-order valence-electron chi connectivity index (χ4n) is 1.98. The molecule has 7 heteroatoms. The van der Waals surface area contributed by atoms with E-state index in [2.05, 4.69) is 10.1 Å². The number of aromatic nitrogens is 3. The molecule has 0 unspecified atom stereocenters. The summed E-state index contributed by atoms with van der Waals surface area (Å²) in [4.78, 5) is 15.7. The first-order valence-electron chi connectivity index (χ1n) is 6.17. The molecule has 1 fully saturated rings. The number of benzene rings is 1. The standard InChI is InChI=1S/C13H12FN3O2S/c14-11-5-9(13(18)19-10-3-4-20-6-10)1-2-12(11)17-8-15-7-16-17/h1-2,5,7-8,10H,3-4,6H2/t10-/m1/s1. The second kappa shape index (κ2) is 5.62. The van der Waals surface area contributed by atoms with Crippen LogP contribution < -0.4 is 0 Å². The quantitative estimate of drug-likeness (QED) is 0.811. The van der Waals surface area contributed by atoms with Crippen molar-refractivity contribution >= 4 is 17.7 Å². The van der Waals surface area contributed by atoms with E-state index in [4.69, 9.17) is 4.74 Å². The molecule has 2 heterocycles. The lowest BCUT2D eigenvalue weighted by Gasteiger charge is -2.11. The van der Waals surface area contributed by atoms with Crippen molar-refractivity contribution in [2.24, 2.45) is 0 Å². The lowest BCUT2D eigenvalue weighted by molar-refractivity contribution is 0.0356. The van der Waals surface area contributed by atoms with E-state index in [-0.39, 0.29) is 17.4 Å². The number of halogens is 1. The maximum Gasteiger partial charge on any atom is 0.338 e. The van der Waals surface area contributed by atoms with E-state index in [1.54, 1.807) is 11.8 Å². The monoisotopic (exact) mass is 293 g/mol. The molecular weight excluding hydrogens is 281 g/mol. The summed E-state index contributed by atoms with van der Waals surface area (Å²) in [6, 6.07) is 4.19. The minimum Gasteiger partial charge on any atom is -0.458 e. The molecule has 1 aromatic carbocycles. The Kier molecular flexibility index (Phi) is 3.68. The fraction of sp³-hybridized carbons (Fsp3) is 0.308. The van der Waals surface area contributed by atoms with Crippen LogP contribution in [0.2, 0.25) is 0 Å². The van der Waals surface area contributed by atoms with Crippen LogP contribution in [0.25, 0.3) is 5.69 Å². The molecule has 0 aliphatic carbocycles. The topological polar surface area (TPSA) is 57.0 Å². The Morgan fingerprint density at radius 1 is 1.50 bits per heavy atom. The number of rotatable bonds is 3. The smallest absolute Gasteiger partial charge is 0.338 e. The number of ether oxygens (including phenoxy) is 1. The molecule has 1 saturated heterocycles. The van der Waals surface area contributed by atoms with Crippen molar-refractivity contribution in [2.75, 3.05) is 11.5 Å². The Morgan fingerprint density at radius 2 is 2.40 bits per heavy atom. The number of hydrogen-bond donors (Lipinski definition) is 0. The third-order valence-electron chi connectivity index (χ3n) is 3.01. The first kappa shape index (κ1) is 13.1. The van der Waals surface area contributed by atoms with Crippen LogP contribution in [0, 0.1) is 5.82 Å². The lowest BCUT2D eigenvalue weighted by atomic mass is 10.2. The second-order valence-electron chi connectivity index (χ2n) is 4.40. The van der Waals surface area contributed by atoms with Crippen molar-refractivity contribution in [3.05, 3.63) is 42.2 Å². The molecule has 0 amide bonds. The first-order valence-corrected chi connectivity index (χ1v) is 7.33. The highest BCUT2D eigenvalue weighted by Gasteiger charge is 2.21. The van der Waals surface area contributed by atoms with Gasteiger partial charge in [0.1, 0.15) is 30.3 Å². The van der Waals surface area contributed by atoms with Crippen LogP contribution in [0.4, 0.5) is 4.39 Å². The maximum absolute atomic E-state index is 14.0. The van der Waals surface area contributed by atoms with Gasteiger partial charge in [-0.2, -0.15) is 16.9 Å². The predicted octanol–water partition coefficient (Wildman–Crippen LogP) is 2.07. The van der Waals surface area contributed by atoms with Gasteiger partial charge < -0.3 is 4.74 Å². The highest BCUT2D eigenvalue weighted by Crippen LogP contribution is 2.22. The summed E-state index contributed by atoms with van der Waals surface area (Å²) in [6.45, 7) is 0. The SMILES string of the molecule is O=C(O[C@@H]1CCSC1)c1ccc(-n2cncn2)c(F)c1. The van der Waals surface area contributed by atoms with E-state index in [0.29, 0.717) is 0 Å². The van der Waals surface area contributed by atoms with Crippen LogP contribution in [0.15, 0.2) is 30.9 Å². The normalized spacial score (nSPS) is 18.1. The van der Waals surface area contributed by atoms with E-state index in [1.807, 2.05) is 0 Å². The lowest BCUT2D eigenvalue weighted by Crippen LogP contribution is -2.17. The Balaban J connectivity index is 1.77. The Morgan fingerprint density at radius 3 is 3.05 bits per heavy atom. The van der Waals surface area contributed by atoms with Crippen LogP contribution in [0.5, 0.6) is 0 Å². The largest absolute Gasteiger partial charge is 0.458 e. The number of carbonyl (C=O) groups excluding carboxylic acids is 1. The van der Waals surface area contributed by atoms with Crippen LogP contribution in [-0.2, 0) is 4.74 Å². The van der Waals surface area contributed by atoms with Crippen LogP contribution >= 0.6 is 11.8 Å². The minimum absolute atomic E-state index is 0.0643. The zero-order valence-electron chi connectivity index (χ0n) is 10.5. The highest BCUT2D eigenvalue weighted by atomic mass is 32.2. The molecule has 104 valence electrons. The van der Waals surface area contributed by atoms with Gasteiger partial charge >= 0.3 is 5.97 Å². The van der Waals surface area contributed by atoms with Gasteiger partial charge in [0.05, 0.1) is 5.56 Å². The summed E-state index contributed by atoms with van der Waals surface area (Å²) in [7, 11) is 0. The number of esters is 1. The molecule has 0 N–H and O–H groups in total. The average Bonchev–Trinajstić information content (AvgIpc) is 3.11. The number of thioether (sulfide) groups is 1. The Labute approximate surface area is 119 Å². The molecule has 0 bridgehead atoms. The van der Waals surface area contributed by atoms with E-state index in [1.165, 1.54) is 35.5 Å². The van der Waals surface area contributed by atoms with Crippen molar-refractivity contribution < 1.29 is 13.9 Å². The average molecular weight is 293 g/mol. The summed E-state index contributed by atoms with van der Waals surface area (Å²) in [5, 5.41) is 3.85. The zero-order valence-corrected chi connectivity index (χ0v) is 11.3. The van der Waals surface area contributed by atoms with E-state index in [0.717, 1.165) is 17.9 Å². The third kappa shape index (κ3) is 2.67. The number of nitrogens with zero attached hydrogens (tertiary/aromatic N) is 3. The molecule has 1 aromatic heterocycles. The van der Waals surface area contributed by atoms with Crippen molar-refractivity contribution in [2.45, 2.75) is 12.5 Å². The zero-order chi connectivity index (χ0) is 13.9. The van der Waals surface area contributed by atoms with E-state index >= 15 is 0 Å². The molecule has 0 spiro atoms.